The minimum Gasteiger partial charge on any atom is -0.461 e. The minimum atomic E-state index is 0.363. The van der Waals surface area contributed by atoms with Crippen LogP contribution in [0.25, 0.3) is 17.2 Å². The first-order chi connectivity index (χ1) is 13.8. The van der Waals surface area contributed by atoms with Gasteiger partial charge in [-0.3, -0.25) is 4.79 Å². The van der Waals surface area contributed by atoms with Crippen LogP contribution in [0.1, 0.15) is 22.3 Å². The number of anilines is 1. The highest BCUT2D eigenvalue weighted by atomic mass is 16.5. The number of hydrogen-bond donors (Lipinski definition) is 1. The van der Waals surface area contributed by atoms with Crippen LogP contribution in [0.4, 0.5) is 5.95 Å². The van der Waals surface area contributed by atoms with Crippen molar-refractivity contribution in [2.75, 3.05) is 18.5 Å². The quantitative estimate of drug-likeness (QED) is 0.353. The third-order valence-electron chi connectivity index (χ3n) is 4.12. The van der Waals surface area contributed by atoms with Gasteiger partial charge in [-0.15, -0.1) is 5.10 Å². The van der Waals surface area contributed by atoms with E-state index in [-0.39, 0.29) is 0 Å². The number of benzene rings is 1. The molecule has 4 rings (SSSR count). The van der Waals surface area contributed by atoms with Gasteiger partial charge in [-0.1, -0.05) is 30.3 Å². The second-order valence-corrected chi connectivity index (χ2v) is 6.12. The molecule has 0 atom stereocenters. The van der Waals surface area contributed by atoms with Crippen molar-refractivity contribution in [2.24, 2.45) is 0 Å². The Hall–Kier alpha value is -3.52. The number of hydrogen-bond acceptors (Lipinski definition) is 7. The topological polar surface area (TPSA) is 94.5 Å². The maximum atomic E-state index is 11.3. The maximum absolute atomic E-state index is 11.3. The zero-order chi connectivity index (χ0) is 19.2. The van der Waals surface area contributed by atoms with Gasteiger partial charge in [-0.25, -0.2) is 9.97 Å². The standard InChI is InChI=1S/C20H19N5O3/c26-13-16-12-22-20(21-9-5-10-27-14-15-6-2-1-3-7-15)25-19(16)23-18(24-25)17-8-4-11-28-17/h1-4,6-8,11-13H,5,9-10,14H2,(H,21,22). The van der Waals surface area contributed by atoms with Gasteiger partial charge < -0.3 is 14.5 Å². The average Bonchev–Trinajstić information content (AvgIpc) is 3.41. The van der Waals surface area contributed by atoms with Gasteiger partial charge >= 0.3 is 0 Å². The number of carbonyl (C=O) groups excluding carboxylic acids is 1. The lowest BCUT2D eigenvalue weighted by atomic mass is 10.2. The van der Waals surface area contributed by atoms with Gasteiger partial charge in [0.05, 0.1) is 18.4 Å². The number of rotatable bonds is 9. The van der Waals surface area contributed by atoms with Crippen LogP contribution < -0.4 is 5.32 Å². The summed E-state index contributed by atoms with van der Waals surface area (Å²) in [5.41, 5.74) is 1.94. The van der Waals surface area contributed by atoms with E-state index < -0.39 is 0 Å². The van der Waals surface area contributed by atoms with Crippen LogP contribution in [0.15, 0.2) is 59.3 Å². The number of carbonyl (C=O) groups is 1. The lowest BCUT2D eigenvalue weighted by Gasteiger charge is -2.08. The lowest BCUT2D eigenvalue weighted by molar-refractivity contribution is 0.112. The van der Waals surface area contributed by atoms with Crippen LogP contribution in [0, 0.1) is 0 Å². The smallest absolute Gasteiger partial charge is 0.225 e. The fraction of sp³-hybridized carbons (Fsp3) is 0.200. The van der Waals surface area contributed by atoms with E-state index in [0.717, 1.165) is 12.0 Å². The van der Waals surface area contributed by atoms with E-state index >= 15 is 0 Å². The van der Waals surface area contributed by atoms with Crippen LogP contribution in [0.2, 0.25) is 0 Å². The molecule has 1 N–H and O–H groups in total. The summed E-state index contributed by atoms with van der Waals surface area (Å²) in [5, 5.41) is 7.63. The fourth-order valence-corrected chi connectivity index (χ4v) is 2.74. The number of ether oxygens (including phenoxy) is 1. The lowest BCUT2D eigenvalue weighted by Crippen LogP contribution is -2.11. The van der Waals surface area contributed by atoms with Crippen LogP contribution in [-0.4, -0.2) is 39.0 Å². The second-order valence-electron chi connectivity index (χ2n) is 6.12. The van der Waals surface area contributed by atoms with E-state index in [1.54, 1.807) is 18.4 Å². The molecule has 0 saturated carbocycles. The molecule has 4 aromatic rings. The molecule has 0 radical (unpaired) electrons. The van der Waals surface area contributed by atoms with Gasteiger partial charge in [0, 0.05) is 19.3 Å². The van der Waals surface area contributed by atoms with Crippen molar-refractivity contribution in [3.8, 4) is 11.6 Å². The van der Waals surface area contributed by atoms with E-state index in [9.17, 15) is 4.79 Å². The van der Waals surface area contributed by atoms with Crippen molar-refractivity contribution in [1.82, 2.24) is 19.6 Å². The zero-order valence-corrected chi connectivity index (χ0v) is 15.1. The molecule has 142 valence electrons. The molecule has 0 bridgehead atoms. The molecule has 0 fully saturated rings. The number of aromatic nitrogens is 4. The van der Waals surface area contributed by atoms with Crippen molar-refractivity contribution >= 4 is 17.9 Å². The van der Waals surface area contributed by atoms with Gasteiger partial charge in [-0.2, -0.15) is 4.52 Å². The van der Waals surface area contributed by atoms with Gasteiger partial charge in [-0.05, 0) is 24.1 Å². The fourth-order valence-electron chi connectivity index (χ4n) is 2.74. The number of nitrogens with one attached hydrogen (secondary N) is 1. The molecule has 0 aliphatic rings. The van der Waals surface area contributed by atoms with Crippen molar-refractivity contribution in [2.45, 2.75) is 13.0 Å². The first-order valence-electron chi connectivity index (χ1n) is 8.95. The summed E-state index contributed by atoms with van der Waals surface area (Å²) >= 11 is 0. The highest BCUT2D eigenvalue weighted by Gasteiger charge is 2.15. The van der Waals surface area contributed by atoms with Crippen LogP contribution in [-0.2, 0) is 11.3 Å². The van der Waals surface area contributed by atoms with Crippen LogP contribution >= 0.6 is 0 Å². The van der Waals surface area contributed by atoms with Crippen LogP contribution in [0.5, 0.6) is 0 Å². The average molecular weight is 377 g/mol. The third-order valence-corrected chi connectivity index (χ3v) is 4.12. The molecule has 3 heterocycles. The number of fused-ring (bicyclic) bond motifs is 1. The summed E-state index contributed by atoms with van der Waals surface area (Å²) < 4.78 is 12.5. The van der Waals surface area contributed by atoms with Crippen molar-refractivity contribution in [3.63, 3.8) is 0 Å². The highest BCUT2D eigenvalue weighted by Crippen LogP contribution is 2.19. The molecular weight excluding hydrogens is 358 g/mol. The molecular formula is C20H19N5O3. The zero-order valence-electron chi connectivity index (χ0n) is 15.1. The summed E-state index contributed by atoms with van der Waals surface area (Å²) in [5.74, 6) is 1.44. The Bertz CT molecular complexity index is 1040. The molecule has 8 heteroatoms. The Labute approximate surface area is 161 Å². The maximum Gasteiger partial charge on any atom is 0.225 e. The number of nitrogens with zero attached hydrogens (tertiary/aromatic N) is 4. The third kappa shape index (κ3) is 3.91. The molecule has 28 heavy (non-hydrogen) atoms. The normalized spacial score (nSPS) is 11.0. The first kappa shape index (κ1) is 17.9. The second kappa shape index (κ2) is 8.45. The number of furan rings is 1. The predicted molar refractivity (Wildman–Crippen MR) is 103 cm³/mol. The summed E-state index contributed by atoms with van der Waals surface area (Å²) in [6.45, 7) is 1.85. The van der Waals surface area contributed by atoms with Gasteiger partial charge in [0.1, 0.15) is 0 Å². The Morgan fingerprint density at radius 3 is 2.86 bits per heavy atom. The first-order valence-corrected chi connectivity index (χ1v) is 8.95. The van der Waals surface area contributed by atoms with Gasteiger partial charge in [0.15, 0.2) is 17.7 Å². The molecule has 3 aromatic heterocycles. The SMILES string of the molecule is O=Cc1cnc(NCCCOCc2ccccc2)n2nc(-c3ccco3)nc12. The highest BCUT2D eigenvalue weighted by molar-refractivity contribution is 5.84. The van der Waals surface area contributed by atoms with Crippen molar-refractivity contribution < 1.29 is 13.9 Å². The van der Waals surface area contributed by atoms with E-state index in [0.29, 0.717) is 54.8 Å². The Balaban J connectivity index is 1.39. The van der Waals surface area contributed by atoms with E-state index in [1.807, 2.05) is 30.3 Å². The number of aldehydes is 1. The molecule has 0 aliphatic carbocycles. The van der Waals surface area contributed by atoms with Gasteiger partial charge in [0.2, 0.25) is 11.8 Å². The molecule has 0 spiro atoms. The summed E-state index contributed by atoms with van der Waals surface area (Å²) in [4.78, 5) is 20.0. The minimum absolute atomic E-state index is 0.363. The predicted octanol–water partition coefficient (Wildman–Crippen LogP) is 3.22. The summed E-state index contributed by atoms with van der Waals surface area (Å²) in [6, 6.07) is 13.6. The Morgan fingerprint density at radius 2 is 2.07 bits per heavy atom. The van der Waals surface area contributed by atoms with E-state index in [4.69, 9.17) is 9.15 Å². The largest absolute Gasteiger partial charge is 0.461 e. The summed E-state index contributed by atoms with van der Waals surface area (Å²) in [7, 11) is 0. The Morgan fingerprint density at radius 1 is 1.18 bits per heavy atom. The molecule has 0 amide bonds. The van der Waals surface area contributed by atoms with Crippen molar-refractivity contribution in [1.29, 1.82) is 0 Å². The molecule has 8 nitrogen and oxygen atoms in total. The molecule has 0 saturated heterocycles. The van der Waals surface area contributed by atoms with Crippen LogP contribution in [0.3, 0.4) is 0 Å². The van der Waals surface area contributed by atoms with E-state index in [1.165, 1.54) is 10.7 Å². The Kier molecular flexibility index (Phi) is 5.39. The van der Waals surface area contributed by atoms with Gasteiger partial charge in [0.25, 0.3) is 0 Å². The monoisotopic (exact) mass is 377 g/mol. The van der Waals surface area contributed by atoms with Crippen molar-refractivity contribution in [3.05, 3.63) is 66.1 Å². The van der Waals surface area contributed by atoms with E-state index in [2.05, 4.69) is 20.4 Å². The molecule has 1 aromatic carbocycles. The molecule has 0 aliphatic heterocycles. The molecule has 0 unspecified atom stereocenters. The summed E-state index contributed by atoms with van der Waals surface area (Å²) in [6.07, 6.45) is 4.54.